The molecule has 1 unspecified atom stereocenters. The smallest absolute Gasteiger partial charge is 0.124 e. The Morgan fingerprint density at radius 3 is 2.55 bits per heavy atom. The second-order valence-corrected chi connectivity index (χ2v) is 5.10. The Morgan fingerprint density at radius 1 is 1.15 bits per heavy atom. The first kappa shape index (κ1) is 14.9. The fourth-order valence-electron chi connectivity index (χ4n) is 2.55. The zero-order valence-electron chi connectivity index (χ0n) is 12.1. The largest absolute Gasteiger partial charge is 0.496 e. The van der Waals surface area contributed by atoms with Crippen LogP contribution in [0.3, 0.4) is 0 Å². The average molecular weight is 290 g/mol. The first-order valence-corrected chi connectivity index (χ1v) is 7.17. The Balaban J connectivity index is 2.55. The van der Waals surface area contributed by atoms with Crippen LogP contribution in [0.1, 0.15) is 29.7 Å². The Bertz CT molecular complexity index is 583. The van der Waals surface area contributed by atoms with Crippen LogP contribution in [0.2, 0.25) is 5.02 Å². The highest BCUT2D eigenvalue weighted by Gasteiger charge is 2.19. The van der Waals surface area contributed by atoms with Crippen molar-refractivity contribution in [2.24, 2.45) is 0 Å². The summed E-state index contributed by atoms with van der Waals surface area (Å²) in [5.41, 5.74) is 3.65. The van der Waals surface area contributed by atoms with Crippen molar-refractivity contribution in [2.75, 3.05) is 14.2 Å². The molecule has 0 spiro atoms. The molecule has 106 valence electrons. The van der Waals surface area contributed by atoms with Crippen molar-refractivity contribution in [3.63, 3.8) is 0 Å². The quantitative estimate of drug-likeness (QED) is 0.890. The van der Waals surface area contributed by atoms with E-state index < -0.39 is 0 Å². The van der Waals surface area contributed by atoms with Gasteiger partial charge in [0.2, 0.25) is 0 Å². The molecule has 3 heteroatoms. The molecule has 0 aliphatic carbocycles. The van der Waals surface area contributed by atoms with Crippen molar-refractivity contribution in [2.45, 2.75) is 19.4 Å². The van der Waals surface area contributed by atoms with Gasteiger partial charge in [0, 0.05) is 10.6 Å². The third-order valence-corrected chi connectivity index (χ3v) is 3.77. The maximum absolute atomic E-state index is 6.15. The number of methoxy groups -OCH3 is 1. The fraction of sp³-hybridized carbons (Fsp3) is 0.294. The minimum Gasteiger partial charge on any atom is -0.496 e. The third kappa shape index (κ3) is 2.97. The molecule has 0 amide bonds. The van der Waals surface area contributed by atoms with Crippen LogP contribution in [0.25, 0.3) is 0 Å². The number of benzene rings is 2. The summed E-state index contributed by atoms with van der Waals surface area (Å²) in [7, 11) is 3.64. The lowest BCUT2D eigenvalue weighted by atomic mass is 9.93. The van der Waals surface area contributed by atoms with Crippen LogP contribution in [0.4, 0.5) is 0 Å². The van der Waals surface area contributed by atoms with Crippen molar-refractivity contribution in [3.05, 3.63) is 64.2 Å². The number of hydrogen-bond donors (Lipinski definition) is 1. The lowest BCUT2D eigenvalue weighted by Crippen LogP contribution is -2.20. The Morgan fingerprint density at radius 2 is 1.90 bits per heavy atom. The molecule has 0 aliphatic heterocycles. The van der Waals surface area contributed by atoms with Gasteiger partial charge in [-0.3, -0.25) is 0 Å². The van der Waals surface area contributed by atoms with Crippen molar-refractivity contribution in [1.82, 2.24) is 5.32 Å². The molecule has 0 aliphatic rings. The fourth-order valence-corrected chi connectivity index (χ4v) is 2.73. The van der Waals surface area contributed by atoms with E-state index in [1.807, 2.05) is 25.2 Å². The van der Waals surface area contributed by atoms with Gasteiger partial charge in [0.25, 0.3) is 0 Å². The predicted molar refractivity (Wildman–Crippen MR) is 84.7 cm³/mol. The van der Waals surface area contributed by atoms with Crippen LogP contribution in [-0.2, 0) is 6.42 Å². The highest BCUT2D eigenvalue weighted by Crippen LogP contribution is 2.33. The van der Waals surface area contributed by atoms with Gasteiger partial charge >= 0.3 is 0 Å². The Hall–Kier alpha value is -1.51. The van der Waals surface area contributed by atoms with Crippen molar-refractivity contribution < 1.29 is 4.74 Å². The number of aryl methyl sites for hydroxylation is 1. The molecule has 2 nitrogen and oxygen atoms in total. The standard InChI is InChI=1S/C17H20ClNO/c1-4-12-7-5-6-8-14(12)17(19-2)15-11-13(18)9-10-16(15)20-3/h5-11,17,19H,4H2,1-3H3. The van der Waals surface area contributed by atoms with Crippen LogP contribution < -0.4 is 10.1 Å². The normalized spacial score (nSPS) is 12.2. The van der Waals surface area contributed by atoms with E-state index >= 15 is 0 Å². The van der Waals surface area contributed by atoms with Crippen molar-refractivity contribution in [1.29, 1.82) is 0 Å². The molecular weight excluding hydrogens is 270 g/mol. The first-order valence-electron chi connectivity index (χ1n) is 6.79. The highest BCUT2D eigenvalue weighted by molar-refractivity contribution is 6.30. The summed E-state index contributed by atoms with van der Waals surface area (Å²) in [6.45, 7) is 2.17. The summed E-state index contributed by atoms with van der Waals surface area (Å²) in [4.78, 5) is 0. The summed E-state index contributed by atoms with van der Waals surface area (Å²) in [6, 6.07) is 14.3. The average Bonchev–Trinajstić information content (AvgIpc) is 2.49. The van der Waals surface area contributed by atoms with Gasteiger partial charge in [-0.05, 0) is 42.8 Å². The van der Waals surface area contributed by atoms with E-state index in [9.17, 15) is 0 Å². The monoisotopic (exact) mass is 289 g/mol. The summed E-state index contributed by atoms with van der Waals surface area (Å²) in [5.74, 6) is 0.847. The topological polar surface area (TPSA) is 21.3 Å². The molecule has 1 N–H and O–H groups in total. The molecular formula is C17H20ClNO. The zero-order chi connectivity index (χ0) is 14.5. The van der Waals surface area contributed by atoms with E-state index in [1.165, 1.54) is 11.1 Å². The number of halogens is 1. The zero-order valence-corrected chi connectivity index (χ0v) is 12.9. The minimum absolute atomic E-state index is 0.0693. The Kier molecular flexibility index (Phi) is 5.05. The van der Waals surface area contributed by atoms with Crippen LogP contribution in [-0.4, -0.2) is 14.2 Å². The molecule has 20 heavy (non-hydrogen) atoms. The molecule has 0 saturated carbocycles. The van der Waals surface area contributed by atoms with Crippen LogP contribution in [0.15, 0.2) is 42.5 Å². The number of hydrogen-bond acceptors (Lipinski definition) is 2. The lowest BCUT2D eigenvalue weighted by Gasteiger charge is -2.22. The molecule has 0 fully saturated rings. The second-order valence-electron chi connectivity index (χ2n) is 4.66. The Labute approximate surface area is 125 Å². The number of ether oxygens (including phenoxy) is 1. The molecule has 0 saturated heterocycles. The molecule has 0 heterocycles. The van der Waals surface area contributed by atoms with E-state index in [0.717, 1.165) is 22.8 Å². The molecule has 0 bridgehead atoms. The maximum Gasteiger partial charge on any atom is 0.124 e. The number of nitrogens with one attached hydrogen (secondary N) is 1. The maximum atomic E-state index is 6.15. The van der Waals surface area contributed by atoms with Crippen LogP contribution in [0, 0.1) is 0 Å². The van der Waals surface area contributed by atoms with Gasteiger partial charge in [-0.15, -0.1) is 0 Å². The van der Waals surface area contributed by atoms with E-state index in [0.29, 0.717) is 0 Å². The molecule has 0 radical (unpaired) electrons. The van der Waals surface area contributed by atoms with Gasteiger partial charge in [0.15, 0.2) is 0 Å². The number of rotatable bonds is 5. The second kappa shape index (κ2) is 6.78. The van der Waals surface area contributed by atoms with Gasteiger partial charge < -0.3 is 10.1 Å². The van der Waals surface area contributed by atoms with E-state index in [2.05, 4.69) is 36.5 Å². The minimum atomic E-state index is 0.0693. The summed E-state index contributed by atoms with van der Waals surface area (Å²) < 4.78 is 5.48. The van der Waals surface area contributed by atoms with Gasteiger partial charge in [-0.25, -0.2) is 0 Å². The summed E-state index contributed by atoms with van der Waals surface area (Å²) in [6.07, 6.45) is 0.997. The molecule has 2 rings (SSSR count). The van der Waals surface area contributed by atoms with Crippen LogP contribution >= 0.6 is 11.6 Å². The molecule has 1 atom stereocenters. The van der Waals surface area contributed by atoms with Gasteiger partial charge in [0.1, 0.15) is 5.75 Å². The lowest BCUT2D eigenvalue weighted by molar-refractivity contribution is 0.405. The van der Waals surface area contributed by atoms with E-state index in [-0.39, 0.29) is 6.04 Å². The first-order chi connectivity index (χ1) is 9.71. The van der Waals surface area contributed by atoms with Crippen molar-refractivity contribution in [3.8, 4) is 5.75 Å². The van der Waals surface area contributed by atoms with Gasteiger partial charge in [-0.2, -0.15) is 0 Å². The molecule has 2 aromatic rings. The van der Waals surface area contributed by atoms with Crippen LogP contribution in [0.5, 0.6) is 5.75 Å². The SMILES string of the molecule is CCc1ccccc1C(NC)c1cc(Cl)ccc1OC. The highest BCUT2D eigenvalue weighted by atomic mass is 35.5. The predicted octanol–water partition coefficient (Wildman–Crippen LogP) is 4.22. The van der Waals surface area contributed by atoms with Gasteiger partial charge in [0.05, 0.1) is 13.2 Å². The third-order valence-electron chi connectivity index (χ3n) is 3.54. The van der Waals surface area contributed by atoms with E-state index in [1.54, 1.807) is 7.11 Å². The van der Waals surface area contributed by atoms with Gasteiger partial charge in [-0.1, -0.05) is 42.8 Å². The molecule has 2 aromatic carbocycles. The van der Waals surface area contributed by atoms with E-state index in [4.69, 9.17) is 16.3 Å². The summed E-state index contributed by atoms with van der Waals surface area (Å²) >= 11 is 6.15. The molecule has 0 aromatic heterocycles. The summed E-state index contributed by atoms with van der Waals surface area (Å²) in [5, 5.41) is 4.09. The van der Waals surface area contributed by atoms with Crippen molar-refractivity contribution >= 4 is 11.6 Å².